The average Bonchev–Trinajstić information content (AvgIpc) is 3.29. The van der Waals surface area contributed by atoms with Crippen molar-refractivity contribution in [3.05, 3.63) is 58.5 Å². The highest BCUT2D eigenvalue weighted by molar-refractivity contribution is 7.11. The Hall–Kier alpha value is -2.80. The summed E-state index contributed by atoms with van der Waals surface area (Å²) in [5.74, 6) is 1.50. The third-order valence-corrected chi connectivity index (χ3v) is 5.27. The van der Waals surface area contributed by atoms with E-state index in [-0.39, 0.29) is 6.04 Å². The van der Waals surface area contributed by atoms with Crippen LogP contribution in [-0.2, 0) is 6.42 Å². The third-order valence-electron chi connectivity index (χ3n) is 3.95. The van der Waals surface area contributed by atoms with Gasteiger partial charge in [0.1, 0.15) is 10.8 Å². The van der Waals surface area contributed by atoms with E-state index in [0.717, 1.165) is 34.3 Å². The predicted molar refractivity (Wildman–Crippen MR) is 99.7 cm³/mol. The molecule has 3 aromatic heterocycles. The smallest absolute Gasteiger partial charge is 0.185 e. The quantitative estimate of drug-likeness (QED) is 0.589. The van der Waals surface area contributed by atoms with E-state index < -0.39 is 0 Å². The van der Waals surface area contributed by atoms with Crippen LogP contribution in [0.25, 0.3) is 17.0 Å². The van der Waals surface area contributed by atoms with Gasteiger partial charge in [-0.2, -0.15) is 4.52 Å². The average molecular weight is 350 g/mol. The Morgan fingerprint density at radius 1 is 1.12 bits per heavy atom. The Morgan fingerprint density at radius 3 is 2.72 bits per heavy atom. The van der Waals surface area contributed by atoms with E-state index in [1.165, 1.54) is 4.88 Å². The largest absolute Gasteiger partial charge is 0.360 e. The molecule has 4 rings (SSSR count). The summed E-state index contributed by atoms with van der Waals surface area (Å²) in [5, 5.41) is 17.6. The van der Waals surface area contributed by atoms with Gasteiger partial charge in [0.05, 0.1) is 6.04 Å². The summed E-state index contributed by atoms with van der Waals surface area (Å²) in [7, 11) is 0. The van der Waals surface area contributed by atoms with E-state index in [0.29, 0.717) is 0 Å². The Kier molecular flexibility index (Phi) is 4.15. The lowest BCUT2D eigenvalue weighted by atomic mass is 10.2. The molecule has 0 aliphatic heterocycles. The number of nitrogens with zero attached hydrogens (tertiary/aromatic N) is 5. The fraction of sp³-hybridized carbons (Fsp3) is 0.222. The predicted octanol–water partition coefficient (Wildman–Crippen LogP) is 3.98. The second-order valence-electron chi connectivity index (χ2n) is 5.76. The van der Waals surface area contributed by atoms with Gasteiger partial charge in [0, 0.05) is 16.6 Å². The number of hydrogen-bond donors (Lipinski definition) is 1. The van der Waals surface area contributed by atoms with Crippen LogP contribution < -0.4 is 5.32 Å². The molecule has 0 spiro atoms. The molecule has 0 aliphatic rings. The van der Waals surface area contributed by atoms with Crippen LogP contribution in [0, 0.1) is 0 Å². The van der Waals surface area contributed by atoms with Gasteiger partial charge in [0.25, 0.3) is 0 Å². The minimum absolute atomic E-state index is 0.0897. The fourth-order valence-corrected chi connectivity index (χ4v) is 3.46. The first-order chi connectivity index (χ1) is 12.2. The van der Waals surface area contributed by atoms with Gasteiger partial charge < -0.3 is 5.32 Å². The minimum atomic E-state index is 0.0897. The Morgan fingerprint density at radius 2 is 1.96 bits per heavy atom. The molecule has 126 valence electrons. The van der Waals surface area contributed by atoms with E-state index in [9.17, 15) is 0 Å². The van der Waals surface area contributed by atoms with Crippen molar-refractivity contribution in [1.29, 1.82) is 0 Å². The van der Waals surface area contributed by atoms with E-state index in [1.54, 1.807) is 15.9 Å². The maximum Gasteiger partial charge on any atom is 0.185 e. The molecule has 0 saturated heterocycles. The van der Waals surface area contributed by atoms with Crippen LogP contribution in [0.5, 0.6) is 0 Å². The van der Waals surface area contributed by atoms with Crippen LogP contribution in [0.3, 0.4) is 0 Å². The van der Waals surface area contributed by atoms with Gasteiger partial charge in [-0.25, -0.2) is 4.98 Å². The van der Waals surface area contributed by atoms with Crippen LogP contribution in [0.1, 0.15) is 29.8 Å². The van der Waals surface area contributed by atoms with Crippen LogP contribution in [0.4, 0.5) is 5.82 Å². The van der Waals surface area contributed by atoms with Gasteiger partial charge in [-0.15, -0.1) is 26.6 Å². The topological polar surface area (TPSA) is 68.0 Å². The number of hydrogen-bond acceptors (Lipinski definition) is 6. The zero-order valence-electron chi connectivity index (χ0n) is 14.0. The molecule has 7 heteroatoms. The van der Waals surface area contributed by atoms with Crippen molar-refractivity contribution in [2.45, 2.75) is 26.3 Å². The number of fused-ring (bicyclic) bond motifs is 1. The summed E-state index contributed by atoms with van der Waals surface area (Å²) < 4.78 is 1.77. The summed E-state index contributed by atoms with van der Waals surface area (Å²) in [6.07, 6.45) is 2.96. The summed E-state index contributed by atoms with van der Waals surface area (Å²) >= 11 is 1.73. The van der Waals surface area contributed by atoms with Crippen molar-refractivity contribution in [3.63, 3.8) is 0 Å². The molecular formula is C18H18N6S. The molecule has 0 amide bonds. The molecule has 1 aromatic carbocycles. The first-order valence-electron chi connectivity index (χ1n) is 8.23. The second-order valence-corrected chi connectivity index (χ2v) is 6.91. The zero-order chi connectivity index (χ0) is 17.2. The second kappa shape index (κ2) is 6.60. The summed E-state index contributed by atoms with van der Waals surface area (Å²) in [6, 6.07) is 13.9. The van der Waals surface area contributed by atoms with Gasteiger partial charge in [0.2, 0.25) is 0 Å². The van der Waals surface area contributed by atoms with Crippen molar-refractivity contribution >= 4 is 22.8 Å². The lowest BCUT2D eigenvalue weighted by Crippen LogP contribution is -2.09. The van der Waals surface area contributed by atoms with E-state index >= 15 is 0 Å². The molecule has 25 heavy (non-hydrogen) atoms. The first kappa shape index (κ1) is 15.7. The van der Waals surface area contributed by atoms with Crippen molar-refractivity contribution in [3.8, 4) is 11.4 Å². The minimum Gasteiger partial charge on any atom is -0.360 e. The highest BCUT2D eigenvalue weighted by Gasteiger charge is 2.13. The highest BCUT2D eigenvalue weighted by Crippen LogP contribution is 2.24. The Bertz CT molecular complexity index is 991. The molecule has 1 unspecified atom stereocenters. The number of nitrogens with one attached hydrogen (secondary N) is 1. The van der Waals surface area contributed by atoms with Crippen LogP contribution in [0.15, 0.2) is 48.7 Å². The van der Waals surface area contributed by atoms with Gasteiger partial charge in [-0.3, -0.25) is 0 Å². The highest BCUT2D eigenvalue weighted by atomic mass is 32.1. The maximum absolute atomic E-state index is 4.66. The molecule has 0 saturated carbocycles. The van der Waals surface area contributed by atoms with E-state index in [1.807, 2.05) is 48.7 Å². The third kappa shape index (κ3) is 3.10. The van der Waals surface area contributed by atoms with E-state index in [4.69, 9.17) is 0 Å². The van der Waals surface area contributed by atoms with Crippen molar-refractivity contribution < 1.29 is 0 Å². The fourth-order valence-electron chi connectivity index (χ4n) is 2.60. The summed E-state index contributed by atoms with van der Waals surface area (Å²) in [4.78, 5) is 5.79. The molecule has 0 radical (unpaired) electrons. The monoisotopic (exact) mass is 350 g/mol. The number of anilines is 1. The van der Waals surface area contributed by atoms with Crippen LogP contribution in [-0.4, -0.2) is 24.8 Å². The lowest BCUT2D eigenvalue weighted by molar-refractivity contribution is 0.837. The summed E-state index contributed by atoms with van der Waals surface area (Å²) in [6.45, 7) is 4.23. The normalized spacial score (nSPS) is 12.4. The number of aryl methyl sites for hydroxylation is 1. The molecule has 1 N–H and O–H groups in total. The number of benzene rings is 1. The van der Waals surface area contributed by atoms with Gasteiger partial charge in [-0.05, 0) is 25.5 Å². The van der Waals surface area contributed by atoms with Crippen LogP contribution in [0.2, 0.25) is 0 Å². The SMILES string of the molecule is CCc1cnc(C(C)Nc2ccc3nnc(-c4ccccc4)n3n2)s1. The van der Waals surface area contributed by atoms with Gasteiger partial charge in [0.15, 0.2) is 11.5 Å². The van der Waals surface area contributed by atoms with Gasteiger partial charge in [-0.1, -0.05) is 37.3 Å². The summed E-state index contributed by atoms with van der Waals surface area (Å²) in [5.41, 5.74) is 1.71. The van der Waals surface area contributed by atoms with Crippen LogP contribution >= 0.6 is 11.3 Å². The van der Waals surface area contributed by atoms with Crippen molar-refractivity contribution in [2.24, 2.45) is 0 Å². The molecule has 4 aromatic rings. The molecule has 0 fully saturated rings. The Labute approximate surface area is 149 Å². The number of rotatable bonds is 5. The Balaban J connectivity index is 1.64. The molecular weight excluding hydrogens is 332 g/mol. The first-order valence-corrected chi connectivity index (χ1v) is 9.05. The standard InChI is InChI=1S/C18H18N6S/c1-3-14-11-19-18(25-14)12(2)20-15-9-10-16-21-22-17(24(16)23-15)13-7-5-4-6-8-13/h4-12H,3H2,1-2H3,(H,20,23). The van der Waals surface area contributed by atoms with Crippen molar-refractivity contribution in [1.82, 2.24) is 24.8 Å². The molecule has 3 heterocycles. The van der Waals surface area contributed by atoms with Gasteiger partial charge >= 0.3 is 0 Å². The molecule has 6 nitrogen and oxygen atoms in total. The van der Waals surface area contributed by atoms with Crippen molar-refractivity contribution in [2.75, 3.05) is 5.32 Å². The lowest BCUT2D eigenvalue weighted by Gasteiger charge is -2.12. The van der Waals surface area contributed by atoms with E-state index in [2.05, 4.69) is 39.4 Å². The molecule has 1 atom stereocenters. The zero-order valence-corrected chi connectivity index (χ0v) is 14.9. The maximum atomic E-state index is 4.66. The number of aromatic nitrogens is 5. The molecule has 0 aliphatic carbocycles. The molecule has 0 bridgehead atoms. The number of thiazole rings is 1.